The number of nitrogens with two attached hydrogens (primary N) is 1. The summed E-state index contributed by atoms with van der Waals surface area (Å²) in [7, 11) is 0. The molecule has 0 heterocycles. The molecular formula is C10H19F3N2O. The van der Waals surface area contributed by atoms with Crippen LogP contribution < -0.4 is 5.73 Å². The van der Waals surface area contributed by atoms with Gasteiger partial charge in [-0.3, -0.25) is 4.79 Å². The van der Waals surface area contributed by atoms with Gasteiger partial charge in [0, 0.05) is 13.0 Å². The van der Waals surface area contributed by atoms with E-state index in [1.807, 2.05) is 6.92 Å². The van der Waals surface area contributed by atoms with Crippen molar-refractivity contribution in [1.29, 1.82) is 0 Å². The molecule has 0 radical (unpaired) electrons. The summed E-state index contributed by atoms with van der Waals surface area (Å²) in [5, 5.41) is 0. The van der Waals surface area contributed by atoms with Gasteiger partial charge in [0.2, 0.25) is 5.91 Å². The zero-order valence-corrected chi connectivity index (χ0v) is 9.68. The molecule has 2 N–H and O–H groups in total. The smallest absolute Gasteiger partial charge is 0.334 e. The molecule has 0 bridgehead atoms. The van der Waals surface area contributed by atoms with E-state index in [0.29, 0.717) is 13.0 Å². The molecule has 0 aromatic heterocycles. The Morgan fingerprint density at radius 1 is 1.44 bits per heavy atom. The number of carbonyl (C=O) groups is 1. The molecule has 0 spiro atoms. The normalized spacial score (nSPS) is 13.6. The first kappa shape index (κ1) is 15.2. The third-order valence-corrected chi connectivity index (χ3v) is 2.36. The van der Waals surface area contributed by atoms with E-state index in [0.717, 1.165) is 4.90 Å². The molecule has 1 amide bonds. The summed E-state index contributed by atoms with van der Waals surface area (Å²) in [5.74, 6) is -0.298. The van der Waals surface area contributed by atoms with E-state index in [1.54, 1.807) is 0 Å². The van der Waals surface area contributed by atoms with Crippen LogP contribution in [0.25, 0.3) is 0 Å². The van der Waals surface area contributed by atoms with Crippen molar-refractivity contribution < 1.29 is 18.0 Å². The fourth-order valence-corrected chi connectivity index (χ4v) is 1.24. The van der Waals surface area contributed by atoms with Gasteiger partial charge in [-0.05, 0) is 25.8 Å². The molecule has 0 saturated heterocycles. The molecule has 0 rings (SSSR count). The minimum absolute atomic E-state index is 0.0787. The third-order valence-electron chi connectivity index (χ3n) is 2.36. The summed E-state index contributed by atoms with van der Waals surface area (Å²) >= 11 is 0. The summed E-state index contributed by atoms with van der Waals surface area (Å²) in [6, 6.07) is 0. The molecule has 3 nitrogen and oxygen atoms in total. The lowest BCUT2D eigenvalue weighted by Gasteiger charge is -2.22. The van der Waals surface area contributed by atoms with Gasteiger partial charge in [-0.1, -0.05) is 6.92 Å². The number of halogens is 3. The first-order valence-corrected chi connectivity index (χ1v) is 5.34. The largest absolute Gasteiger partial charge is 0.406 e. The lowest BCUT2D eigenvalue weighted by molar-refractivity contribution is -0.160. The summed E-state index contributed by atoms with van der Waals surface area (Å²) in [5.41, 5.74) is 5.36. The van der Waals surface area contributed by atoms with Crippen LogP contribution in [0.2, 0.25) is 0 Å². The average molecular weight is 240 g/mol. The molecular weight excluding hydrogens is 221 g/mol. The topological polar surface area (TPSA) is 46.3 Å². The Balaban J connectivity index is 4.11. The van der Waals surface area contributed by atoms with Crippen LogP contribution in [0.4, 0.5) is 13.2 Å². The third kappa shape index (κ3) is 6.66. The summed E-state index contributed by atoms with van der Waals surface area (Å²) in [4.78, 5) is 12.3. The van der Waals surface area contributed by atoms with E-state index in [2.05, 4.69) is 0 Å². The highest BCUT2D eigenvalue weighted by molar-refractivity contribution is 5.76. The first-order chi connectivity index (χ1) is 7.30. The highest BCUT2D eigenvalue weighted by atomic mass is 19.4. The number of hydrogen-bond donors (Lipinski definition) is 1. The van der Waals surface area contributed by atoms with Crippen molar-refractivity contribution in [3.63, 3.8) is 0 Å². The van der Waals surface area contributed by atoms with Gasteiger partial charge >= 0.3 is 6.18 Å². The molecule has 1 atom stereocenters. The Kier molecular flexibility index (Phi) is 6.40. The maximum atomic E-state index is 12.1. The predicted octanol–water partition coefficient (Wildman–Crippen LogP) is 1.77. The van der Waals surface area contributed by atoms with Crippen molar-refractivity contribution in [2.75, 3.05) is 19.6 Å². The van der Waals surface area contributed by atoms with Gasteiger partial charge < -0.3 is 10.6 Å². The van der Waals surface area contributed by atoms with Crippen molar-refractivity contribution in [1.82, 2.24) is 4.90 Å². The molecule has 1 unspecified atom stereocenters. The van der Waals surface area contributed by atoms with E-state index in [9.17, 15) is 18.0 Å². The van der Waals surface area contributed by atoms with Gasteiger partial charge in [0.1, 0.15) is 6.54 Å². The molecule has 6 heteroatoms. The monoisotopic (exact) mass is 240 g/mol. The Bertz CT molecular complexity index is 219. The van der Waals surface area contributed by atoms with E-state index in [1.165, 1.54) is 6.92 Å². The van der Waals surface area contributed by atoms with Crippen LogP contribution in [0.1, 0.15) is 26.7 Å². The van der Waals surface area contributed by atoms with Crippen LogP contribution in [-0.4, -0.2) is 36.6 Å². The number of alkyl halides is 3. The van der Waals surface area contributed by atoms with Gasteiger partial charge in [-0.25, -0.2) is 0 Å². The number of carbonyl (C=O) groups excluding carboxylic acids is 1. The van der Waals surface area contributed by atoms with Gasteiger partial charge in [-0.2, -0.15) is 13.2 Å². The second-order valence-electron chi connectivity index (χ2n) is 3.90. The van der Waals surface area contributed by atoms with Crippen molar-refractivity contribution in [2.24, 2.45) is 11.7 Å². The summed E-state index contributed by atoms with van der Waals surface area (Å²) < 4.78 is 36.3. The second-order valence-corrected chi connectivity index (χ2v) is 3.90. The molecule has 96 valence electrons. The van der Waals surface area contributed by atoms with Gasteiger partial charge in [0.05, 0.1) is 0 Å². The molecule has 0 aromatic carbocycles. The summed E-state index contributed by atoms with van der Waals surface area (Å²) in [6.07, 6.45) is -3.67. The molecule has 16 heavy (non-hydrogen) atoms. The highest BCUT2D eigenvalue weighted by Gasteiger charge is 2.32. The van der Waals surface area contributed by atoms with Crippen LogP contribution in [-0.2, 0) is 4.79 Å². The van der Waals surface area contributed by atoms with Crippen molar-refractivity contribution in [3.05, 3.63) is 0 Å². The Hall–Kier alpha value is -0.780. The van der Waals surface area contributed by atoms with Crippen LogP contribution >= 0.6 is 0 Å². The summed E-state index contributed by atoms with van der Waals surface area (Å²) in [6.45, 7) is 2.76. The van der Waals surface area contributed by atoms with Gasteiger partial charge in [0.15, 0.2) is 0 Å². The molecule has 0 aliphatic rings. The van der Waals surface area contributed by atoms with E-state index in [-0.39, 0.29) is 18.9 Å². The molecule has 0 saturated carbocycles. The Labute approximate surface area is 93.8 Å². The number of amides is 1. The predicted molar refractivity (Wildman–Crippen MR) is 55.8 cm³/mol. The zero-order chi connectivity index (χ0) is 12.8. The standard InChI is InChI=1S/C10H19F3N2O/c1-3-15(7-10(11,12)13)9(16)5-4-8(2)6-14/h8H,3-7,14H2,1-2H3. The first-order valence-electron chi connectivity index (χ1n) is 5.34. The van der Waals surface area contributed by atoms with Crippen molar-refractivity contribution in [2.45, 2.75) is 32.9 Å². The van der Waals surface area contributed by atoms with Gasteiger partial charge in [-0.15, -0.1) is 0 Å². The fraction of sp³-hybridized carbons (Fsp3) is 0.900. The van der Waals surface area contributed by atoms with E-state index >= 15 is 0 Å². The Morgan fingerprint density at radius 3 is 2.38 bits per heavy atom. The van der Waals surface area contributed by atoms with Crippen LogP contribution in [0, 0.1) is 5.92 Å². The van der Waals surface area contributed by atoms with Crippen LogP contribution in [0.5, 0.6) is 0 Å². The van der Waals surface area contributed by atoms with Crippen molar-refractivity contribution >= 4 is 5.91 Å². The van der Waals surface area contributed by atoms with Crippen LogP contribution in [0.3, 0.4) is 0 Å². The lowest BCUT2D eigenvalue weighted by Crippen LogP contribution is -2.38. The highest BCUT2D eigenvalue weighted by Crippen LogP contribution is 2.17. The van der Waals surface area contributed by atoms with Gasteiger partial charge in [0.25, 0.3) is 0 Å². The molecule has 0 aliphatic heterocycles. The minimum Gasteiger partial charge on any atom is -0.334 e. The molecule has 0 aliphatic carbocycles. The number of rotatable bonds is 6. The minimum atomic E-state index is -4.33. The average Bonchev–Trinajstić information content (AvgIpc) is 2.20. The van der Waals surface area contributed by atoms with Crippen LogP contribution in [0.15, 0.2) is 0 Å². The van der Waals surface area contributed by atoms with Crippen molar-refractivity contribution in [3.8, 4) is 0 Å². The number of nitrogens with zero attached hydrogens (tertiary/aromatic N) is 1. The molecule has 0 fully saturated rings. The number of hydrogen-bond acceptors (Lipinski definition) is 2. The lowest BCUT2D eigenvalue weighted by atomic mass is 10.1. The zero-order valence-electron chi connectivity index (χ0n) is 9.68. The quantitative estimate of drug-likeness (QED) is 0.769. The van der Waals surface area contributed by atoms with E-state index in [4.69, 9.17) is 5.73 Å². The second kappa shape index (κ2) is 6.73. The SMILES string of the molecule is CCN(CC(F)(F)F)C(=O)CCC(C)CN. The maximum absolute atomic E-state index is 12.1. The maximum Gasteiger partial charge on any atom is 0.406 e. The Morgan fingerprint density at radius 2 is 2.00 bits per heavy atom. The fourth-order valence-electron chi connectivity index (χ4n) is 1.24. The van der Waals surface area contributed by atoms with E-state index < -0.39 is 18.6 Å². The molecule has 0 aromatic rings.